The Hall–Kier alpha value is -3.96. The molecular formula is C21H16F4N4O4. The van der Waals surface area contributed by atoms with Crippen LogP contribution in [0.1, 0.15) is 10.4 Å². The number of hydrogen-bond acceptors (Lipinski definition) is 5. The van der Waals surface area contributed by atoms with E-state index >= 15 is 0 Å². The fourth-order valence-corrected chi connectivity index (χ4v) is 3.47. The normalized spacial score (nSPS) is 14.4. The second-order valence-corrected chi connectivity index (χ2v) is 7.23. The molecule has 33 heavy (non-hydrogen) atoms. The quantitative estimate of drug-likeness (QED) is 0.602. The van der Waals surface area contributed by atoms with E-state index in [9.17, 15) is 31.9 Å². The van der Waals surface area contributed by atoms with Crippen LogP contribution in [0.25, 0.3) is 10.8 Å². The summed E-state index contributed by atoms with van der Waals surface area (Å²) in [5.74, 6) is -3.47. The van der Waals surface area contributed by atoms with Crippen molar-refractivity contribution in [1.82, 2.24) is 20.0 Å². The molecule has 1 saturated heterocycles. The van der Waals surface area contributed by atoms with E-state index in [1.165, 1.54) is 6.07 Å². The molecule has 0 saturated carbocycles. The highest BCUT2D eigenvalue weighted by molar-refractivity contribution is 5.95. The van der Waals surface area contributed by atoms with E-state index in [1.54, 1.807) is 24.3 Å². The molecule has 172 valence electrons. The van der Waals surface area contributed by atoms with E-state index in [0.717, 1.165) is 17.0 Å². The average Bonchev–Trinajstić information content (AvgIpc) is 2.81. The number of piperazine rings is 1. The third-order valence-corrected chi connectivity index (χ3v) is 5.14. The molecule has 0 spiro atoms. The van der Waals surface area contributed by atoms with Crippen molar-refractivity contribution in [3.05, 3.63) is 64.2 Å². The number of ether oxygens (including phenoxy) is 1. The minimum atomic E-state index is -5.00. The number of rotatable bonds is 3. The molecular weight excluding hydrogens is 448 g/mol. The van der Waals surface area contributed by atoms with E-state index in [4.69, 9.17) is 4.74 Å². The number of nitrogens with one attached hydrogen (secondary N) is 1. The molecule has 2 amide bonds. The zero-order chi connectivity index (χ0) is 23.8. The maximum absolute atomic E-state index is 14.4. The number of carbonyl (C=O) groups is 2. The average molecular weight is 464 g/mol. The van der Waals surface area contributed by atoms with E-state index in [1.807, 2.05) is 0 Å². The van der Waals surface area contributed by atoms with Gasteiger partial charge in [0.05, 0.1) is 16.3 Å². The maximum Gasteiger partial charge on any atom is 0.471 e. The molecule has 3 aromatic rings. The van der Waals surface area contributed by atoms with Crippen LogP contribution in [0.5, 0.6) is 11.6 Å². The number of nitrogens with zero attached hydrogens (tertiary/aromatic N) is 3. The summed E-state index contributed by atoms with van der Waals surface area (Å²) in [6, 6.07) is 9.97. The highest BCUT2D eigenvalue weighted by Gasteiger charge is 2.43. The summed E-state index contributed by atoms with van der Waals surface area (Å²) in [6.07, 6.45) is -5.00. The number of aromatic amines is 1. The minimum Gasteiger partial charge on any atom is -0.437 e. The number of benzene rings is 2. The number of amides is 2. The lowest BCUT2D eigenvalue weighted by atomic mass is 10.1. The number of halogens is 4. The smallest absolute Gasteiger partial charge is 0.437 e. The number of hydrogen-bond donors (Lipinski definition) is 1. The van der Waals surface area contributed by atoms with Crippen LogP contribution >= 0.6 is 0 Å². The topological polar surface area (TPSA) is 95.6 Å². The molecule has 2 heterocycles. The van der Waals surface area contributed by atoms with Gasteiger partial charge in [-0.3, -0.25) is 14.4 Å². The molecule has 0 unspecified atom stereocenters. The minimum absolute atomic E-state index is 0.0366. The first kappa shape index (κ1) is 22.2. The van der Waals surface area contributed by atoms with E-state index in [2.05, 4.69) is 10.2 Å². The van der Waals surface area contributed by atoms with E-state index in [-0.39, 0.29) is 43.4 Å². The largest absolute Gasteiger partial charge is 0.471 e. The van der Waals surface area contributed by atoms with Gasteiger partial charge in [0.25, 0.3) is 11.5 Å². The highest BCUT2D eigenvalue weighted by Crippen LogP contribution is 2.28. The fraction of sp³-hybridized carbons (Fsp3) is 0.238. The van der Waals surface area contributed by atoms with Crippen LogP contribution in [0.2, 0.25) is 0 Å². The first-order valence-electron chi connectivity index (χ1n) is 9.75. The van der Waals surface area contributed by atoms with Gasteiger partial charge in [0.1, 0.15) is 11.6 Å². The molecule has 1 aliphatic rings. The van der Waals surface area contributed by atoms with Gasteiger partial charge in [-0.25, -0.2) is 9.49 Å². The molecule has 0 bridgehead atoms. The summed E-state index contributed by atoms with van der Waals surface area (Å²) in [4.78, 5) is 37.8. The second kappa shape index (κ2) is 8.52. The highest BCUT2D eigenvalue weighted by atomic mass is 19.4. The van der Waals surface area contributed by atoms with E-state index in [0.29, 0.717) is 15.7 Å². The Morgan fingerprint density at radius 2 is 1.61 bits per heavy atom. The van der Waals surface area contributed by atoms with Crippen LogP contribution in [0.15, 0.2) is 47.3 Å². The maximum atomic E-state index is 14.4. The van der Waals surface area contributed by atoms with Gasteiger partial charge in [0, 0.05) is 26.2 Å². The lowest BCUT2D eigenvalue weighted by Crippen LogP contribution is -2.53. The van der Waals surface area contributed by atoms with Gasteiger partial charge < -0.3 is 14.5 Å². The van der Waals surface area contributed by atoms with Gasteiger partial charge in [-0.05, 0) is 30.3 Å². The molecule has 1 fully saturated rings. The fourth-order valence-electron chi connectivity index (χ4n) is 3.47. The third-order valence-electron chi connectivity index (χ3n) is 5.14. The second-order valence-electron chi connectivity index (χ2n) is 7.23. The summed E-state index contributed by atoms with van der Waals surface area (Å²) in [6.45, 7) is -1.01. The van der Waals surface area contributed by atoms with Crippen molar-refractivity contribution in [2.24, 2.45) is 0 Å². The summed E-state index contributed by atoms with van der Waals surface area (Å²) < 4.78 is 57.8. The van der Waals surface area contributed by atoms with Gasteiger partial charge in [-0.1, -0.05) is 12.1 Å². The zero-order valence-corrected chi connectivity index (χ0v) is 16.9. The molecule has 1 aromatic heterocycles. The van der Waals surface area contributed by atoms with E-state index < -0.39 is 29.4 Å². The van der Waals surface area contributed by atoms with Crippen LogP contribution < -0.4 is 10.3 Å². The van der Waals surface area contributed by atoms with Crippen molar-refractivity contribution < 1.29 is 31.9 Å². The Kier molecular flexibility index (Phi) is 5.75. The molecule has 8 nitrogen and oxygen atoms in total. The van der Waals surface area contributed by atoms with Crippen molar-refractivity contribution >= 4 is 22.6 Å². The first-order chi connectivity index (χ1) is 15.6. The molecule has 1 aliphatic heterocycles. The molecule has 0 radical (unpaired) electrons. The van der Waals surface area contributed by atoms with Crippen LogP contribution in [-0.2, 0) is 4.79 Å². The standard InChI is InChI=1S/C21H16F4N4O4/c22-16-6-5-12(33-18-14-4-2-1-3-13(14)17(30)26-27-18)11-15(16)19(31)28-7-9-29(10-8-28)20(32)21(23,24)25/h1-6,11H,7-10H2,(H,26,30). The summed E-state index contributed by atoms with van der Waals surface area (Å²) in [5, 5.41) is 6.88. The van der Waals surface area contributed by atoms with Crippen molar-refractivity contribution in [1.29, 1.82) is 0 Å². The van der Waals surface area contributed by atoms with Gasteiger partial charge in [0.15, 0.2) is 0 Å². The molecule has 2 aromatic carbocycles. The number of H-pyrrole nitrogens is 1. The van der Waals surface area contributed by atoms with Crippen molar-refractivity contribution in [3.63, 3.8) is 0 Å². The third kappa shape index (κ3) is 4.49. The summed E-state index contributed by atoms with van der Waals surface area (Å²) in [5.41, 5.74) is -0.770. The summed E-state index contributed by atoms with van der Waals surface area (Å²) >= 11 is 0. The SMILES string of the molecule is O=C(c1cc(Oc2n[nH]c(=O)c3ccccc23)ccc1F)N1CCN(C(=O)C(F)(F)F)CC1. The Labute approximate surface area is 183 Å². The predicted molar refractivity (Wildman–Crippen MR) is 107 cm³/mol. The van der Waals surface area contributed by atoms with Crippen molar-refractivity contribution in [2.45, 2.75) is 6.18 Å². The van der Waals surface area contributed by atoms with Crippen LogP contribution in [0.4, 0.5) is 17.6 Å². The lowest BCUT2D eigenvalue weighted by Gasteiger charge is -2.35. The van der Waals surface area contributed by atoms with Gasteiger partial charge in [-0.15, -0.1) is 5.10 Å². The monoisotopic (exact) mass is 464 g/mol. The Morgan fingerprint density at radius 3 is 2.27 bits per heavy atom. The molecule has 0 atom stereocenters. The van der Waals surface area contributed by atoms with Crippen LogP contribution in [0, 0.1) is 5.82 Å². The van der Waals surface area contributed by atoms with Crippen molar-refractivity contribution in [2.75, 3.05) is 26.2 Å². The van der Waals surface area contributed by atoms with Crippen LogP contribution in [0.3, 0.4) is 0 Å². The predicted octanol–water partition coefficient (Wildman–Crippen LogP) is 2.70. The Morgan fingerprint density at radius 1 is 0.970 bits per heavy atom. The van der Waals surface area contributed by atoms with Gasteiger partial charge in [0.2, 0.25) is 5.88 Å². The first-order valence-corrected chi connectivity index (χ1v) is 9.75. The number of alkyl halides is 3. The van der Waals surface area contributed by atoms with Gasteiger partial charge in [-0.2, -0.15) is 13.2 Å². The Balaban J connectivity index is 1.53. The lowest BCUT2D eigenvalue weighted by molar-refractivity contribution is -0.186. The molecule has 0 aliphatic carbocycles. The molecule has 4 rings (SSSR count). The molecule has 12 heteroatoms. The number of aromatic nitrogens is 2. The molecule has 1 N–H and O–H groups in total. The van der Waals surface area contributed by atoms with Gasteiger partial charge >= 0.3 is 12.1 Å². The Bertz CT molecular complexity index is 1280. The van der Waals surface area contributed by atoms with Crippen molar-refractivity contribution in [3.8, 4) is 11.6 Å². The van der Waals surface area contributed by atoms with Crippen LogP contribution in [-0.4, -0.2) is 64.2 Å². The number of fused-ring (bicyclic) bond motifs is 1. The summed E-state index contributed by atoms with van der Waals surface area (Å²) in [7, 11) is 0. The number of carbonyl (C=O) groups excluding carboxylic acids is 2. The zero-order valence-electron chi connectivity index (χ0n) is 16.9.